The van der Waals surface area contributed by atoms with Gasteiger partial charge in [-0.3, -0.25) is 0 Å². The first-order valence-corrected chi connectivity index (χ1v) is 9.42. The molecule has 0 amide bonds. The molecule has 4 rings (SSSR count). The van der Waals surface area contributed by atoms with Crippen molar-refractivity contribution in [3.63, 3.8) is 0 Å². The molecule has 7 nitrogen and oxygen atoms in total. The van der Waals surface area contributed by atoms with Gasteiger partial charge in [0.2, 0.25) is 11.7 Å². The van der Waals surface area contributed by atoms with E-state index in [1.54, 1.807) is 0 Å². The Morgan fingerprint density at radius 1 is 1.13 bits per heavy atom. The smallest absolute Gasteiger partial charge is 0.489 e. The molecule has 1 fully saturated rings. The molecule has 2 aromatic carbocycles. The molecule has 164 valence electrons. The van der Waals surface area contributed by atoms with Crippen LogP contribution >= 0.6 is 0 Å². The van der Waals surface area contributed by atoms with Crippen LogP contribution in [0.5, 0.6) is 5.75 Å². The third kappa shape index (κ3) is 6.82. The summed E-state index contributed by atoms with van der Waals surface area (Å²) in [5, 5.41) is 14.4. The molecule has 3 aromatic rings. The Balaban J connectivity index is 0.000000339. The Bertz CT molecular complexity index is 972. The molecule has 0 saturated carbocycles. The van der Waals surface area contributed by atoms with Crippen LogP contribution in [-0.4, -0.2) is 40.5 Å². The largest absolute Gasteiger partial charge is 0.490 e. The zero-order valence-electron chi connectivity index (χ0n) is 16.3. The normalized spacial score (nSPS) is 13.6. The van der Waals surface area contributed by atoms with Crippen LogP contribution in [0.25, 0.3) is 11.4 Å². The topological polar surface area (TPSA) is 97.5 Å². The second-order valence-corrected chi connectivity index (χ2v) is 6.84. The van der Waals surface area contributed by atoms with Crippen LogP contribution in [-0.2, 0) is 17.8 Å². The molecule has 10 heteroatoms. The van der Waals surface area contributed by atoms with Crippen molar-refractivity contribution in [2.75, 3.05) is 13.1 Å². The van der Waals surface area contributed by atoms with Crippen LogP contribution in [0.1, 0.15) is 11.5 Å². The molecule has 0 atom stereocenters. The van der Waals surface area contributed by atoms with Crippen molar-refractivity contribution in [1.82, 2.24) is 15.5 Å². The molecule has 2 N–H and O–H groups in total. The van der Waals surface area contributed by atoms with E-state index >= 15 is 0 Å². The number of nitrogens with one attached hydrogen (secondary N) is 1. The molecule has 0 spiro atoms. The molecule has 0 aliphatic carbocycles. The number of benzene rings is 2. The van der Waals surface area contributed by atoms with E-state index < -0.39 is 12.1 Å². The minimum absolute atomic E-state index is 0.558. The maximum atomic E-state index is 10.6. The summed E-state index contributed by atoms with van der Waals surface area (Å²) in [5.41, 5.74) is 2.08. The third-order valence-electron chi connectivity index (χ3n) is 4.40. The number of aliphatic carboxylic acids is 1. The summed E-state index contributed by atoms with van der Waals surface area (Å²) in [6, 6.07) is 17.9. The number of carboxylic acid groups (broad SMARTS) is 1. The molecular formula is C21H20F3N3O4. The first-order valence-electron chi connectivity index (χ1n) is 9.42. The summed E-state index contributed by atoms with van der Waals surface area (Å²) in [6.07, 6.45) is -4.24. The number of alkyl halides is 3. The maximum absolute atomic E-state index is 10.6. The fraction of sp³-hybridized carbons (Fsp3) is 0.286. The Labute approximate surface area is 175 Å². The van der Waals surface area contributed by atoms with Gasteiger partial charge in [-0.25, -0.2) is 4.79 Å². The molecule has 1 aromatic heterocycles. The molecule has 0 unspecified atom stereocenters. The fourth-order valence-corrected chi connectivity index (χ4v) is 2.64. The van der Waals surface area contributed by atoms with Gasteiger partial charge in [0.25, 0.3) is 0 Å². The van der Waals surface area contributed by atoms with E-state index in [-0.39, 0.29) is 0 Å². The number of halogens is 3. The van der Waals surface area contributed by atoms with E-state index in [1.807, 2.05) is 54.6 Å². The Kier molecular flexibility index (Phi) is 7.24. The zero-order chi connectivity index (χ0) is 22.3. The van der Waals surface area contributed by atoms with E-state index in [9.17, 15) is 13.2 Å². The van der Waals surface area contributed by atoms with Crippen LogP contribution in [0.2, 0.25) is 0 Å². The highest BCUT2D eigenvalue weighted by Gasteiger charge is 2.38. The Hall–Kier alpha value is -3.40. The highest BCUT2D eigenvalue weighted by atomic mass is 19.4. The first-order chi connectivity index (χ1) is 14.8. The SMILES string of the molecule is O=C(O)C(F)(F)F.c1ccc(COc2ccc(-c3noc(CC4CNC4)n3)cc2)cc1. The first kappa shape index (κ1) is 22.3. The highest BCUT2D eigenvalue weighted by Crippen LogP contribution is 2.22. The summed E-state index contributed by atoms with van der Waals surface area (Å²) < 4.78 is 42.9. The van der Waals surface area contributed by atoms with Gasteiger partial charge in [-0.1, -0.05) is 35.5 Å². The number of hydrogen-bond acceptors (Lipinski definition) is 6. The van der Waals surface area contributed by atoms with Crippen molar-refractivity contribution in [3.05, 3.63) is 66.1 Å². The number of nitrogens with zero attached hydrogens (tertiary/aromatic N) is 2. The highest BCUT2D eigenvalue weighted by molar-refractivity contribution is 5.73. The number of rotatable bonds is 6. The molecule has 2 heterocycles. The second kappa shape index (κ2) is 10.1. The molecule has 0 radical (unpaired) electrons. The summed E-state index contributed by atoms with van der Waals surface area (Å²) in [4.78, 5) is 13.4. The molecule has 0 bridgehead atoms. The quantitative estimate of drug-likeness (QED) is 0.609. The van der Waals surface area contributed by atoms with Gasteiger partial charge in [-0.2, -0.15) is 18.2 Å². The van der Waals surface area contributed by atoms with E-state index in [2.05, 4.69) is 15.5 Å². The minimum atomic E-state index is -5.08. The van der Waals surface area contributed by atoms with Gasteiger partial charge in [-0.15, -0.1) is 0 Å². The lowest BCUT2D eigenvalue weighted by Gasteiger charge is -2.25. The lowest BCUT2D eigenvalue weighted by molar-refractivity contribution is -0.192. The van der Waals surface area contributed by atoms with Crippen molar-refractivity contribution < 1.29 is 32.3 Å². The van der Waals surface area contributed by atoms with Crippen LogP contribution < -0.4 is 10.1 Å². The third-order valence-corrected chi connectivity index (χ3v) is 4.40. The zero-order valence-corrected chi connectivity index (χ0v) is 16.3. The Morgan fingerprint density at radius 2 is 1.77 bits per heavy atom. The van der Waals surface area contributed by atoms with Crippen molar-refractivity contribution >= 4 is 5.97 Å². The monoisotopic (exact) mass is 435 g/mol. The average Bonchev–Trinajstić information content (AvgIpc) is 3.19. The van der Waals surface area contributed by atoms with Gasteiger partial charge in [0, 0.05) is 12.0 Å². The van der Waals surface area contributed by atoms with Crippen LogP contribution in [0.15, 0.2) is 59.1 Å². The van der Waals surface area contributed by atoms with Crippen molar-refractivity contribution in [2.24, 2.45) is 5.92 Å². The maximum Gasteiger partial charge on any atom is 0.490 e. The van der Waals surface area contributed by atoms with E-state index in [0.29, 0.717) is 24.2 Å². The fourth-order valence-electron chi connectivity index (χ4n) is 2.64. The lowest BCUT2D eigenvalue weighted by atomic mass is 10.00. The number of carboxylic acids is 1. The average molecular weight is 435 g/mol. The number of carbonyl (C=O) groups is 1. The summed E-state index contributed by atoms with van der Waals surface area (Å²) in [7, 11) is 0. The predicted octanol–water partition coefficient (Wildman–Crippen LogP) is 3.71. The number of hydrogen-bond donors (Lipinski definition) is 2. The molecule has 1 aliphatic heterocycles. The van der Waals surface area contributed by atoms with Crippen LogP contribution in [0.3, 0.4) is 0 Å². The van der Waals surface area contributed by atoms with Gasteiger partial charge in [0.05, 0.1) is 0 Å². The van der Waals surface area contributed by atoms with E-state index in [1.165, 1.54) is 0 Å². The molecule has 1 aliphatic rings. The number of ether oxygens (including phenoxy) is 1. The lowest BCUT2D eigenvalue weighted by Crippen LogP contribution is -2.43. The predicted molar refractivity (Wildman–Crippen MR) is 104 cm³/mol. The van der Waals surface area contributed by atoms with E-state index in [4.69, 9.17) is 19.2 Å². The summed E-state index contributed by atoms with van der Waals surface area (Å²) >= 11 is 0. The van der Waals surface area contributed by atoms with Gasteiger partial charge in [-0.05, 0) is 48.8 Å². The Morgan fingerprint density at radius 3 is 2.32 bits per heavy atom. The van der Waals surface area contributed by atoms with Crippen LogP contribution in [0, 0.1) is 5.92 Å². The molecule has 1 saturated heterocycles. The minimum Gasteiger partial charge on any atom is -0.489 e. The summed E-state index contributed by atoms with van der Waals surface area (Å²) in [5.74, 6) is 0.0271. The molecule has 31 heavy (non-hydrogen) atoms. The standard InChI is InChI=1S/C19H19N3O2.C2HF3O2/c1-2-4-14(5-3-1)13-23-17-8-6-16(7-9-17)19-21-18(24-22-19)10-15-11-20-12-15;3-2(4,5)1(6)7/h1-9,15,20H,10-13H2;(H,6,7). The van der Waals surface area contributed by atoms with Gasteiger partial charge in [0.15, 0.2) is 0 Å². The van der Waals surface area contributed by atoms with Gasteiger partial charge in [0.1, 0.15) is 12.4 Å². The second-order valence-electron chi connectivity index (χ2n) is 6.84. The van der Waals surface area contributed by atoms with Crippen LogP contribution in [0.4, 0.5) is 13.2 Å². The van der Waals surface area contributed by atoms with Gasteiger partial charge < -0.3 is 19.7 Å². The molecular weight excluding hydrogens is 415 g/mol. The van der Waals surface area contributed by atoms with Crippen molar-refractivity contribution in [2.45, 2.75) is 19.2 Å². The van der Waals surface area contributed by atoms with Crippen molar-refractivity contribution in [3.8, 4) is 17.1 Å². The van der Waals surface area contributed by atoms with Crippen molar-refractivity contribution in [1.29, 1.82) is 0 Å². The van der Waals surface area contributed by atoms with E-state index in [0.717, 1.165) is 36.4 Å². The van der Waals surface area contributed by atoms with Gasteiger partial charge >= 0.3 is 12.1 Å². The number of aromatic nitrogens is 2. The summed E-state index contributed by atoms with van der Waals surface area (Å²) in [6.45, 7) is 2.62.